The molecule has 2 amide bonds. The van der Waals surface area contributed by atoms with Crippen molar-refractivity contribution in [2.45, 2.75) is 24.8 Å². The van der Waals surface area contributed by atoms with Crippen LogP contribution in [-0.4, -0.2) is 37.8 Å². The summed E-state index contributed by atoms with van der Waals surface area (Å²) < 4.78 is 22.7. The monoisotopic (exact) mass is 308 g/mol. The molecule has 3 rings (SSSR count). The fourth-order valence-electron chi connectivity index (χ4n) is 2.86. The van der Waals surface area contributed by atoms with Crippen LogP contribution in [0.1, 0.15) is 24.3 Å². The minimum atomic E-state index is -3.02. The number of benzene rings is 1. The summed E-state index contributed by atoms with van der Waals surface area (Å²) in [6, 6.07) is 6.94. The van der Waals surface area contributed by atoms with E-state index in [1.54, 1.807) is 6.07 Å². The molecule has 2 aliphatic heterocycles. The molecule has 112 valence electrons. The van der Waals surface area contributed by atoms with E-state index in [1.165, 1.54) is 0 Å². The van der Waals surface area contributed by atoms with Crippen molar-refractivity contribution in [3.63, 3.8) is 0 Å². The number of hydrogen-bond acceptors (Lipinski definition) is 4. The number of carbonyl (C=O) groups is 2. The molecule has 0 aromatic heterocycles. The number of nitrogens with one attached hydrogen (secondary N) is 2. The lowest BCUT2D eigenvalue weighted by atomic mass is 9.97. The molecule has 2 aliphatic rings. The zero-order valence-corrected chi connectivity index (χ0v) is 12.2. The van der Waals surface area contributed by atoms with Crippen molar-refractivity contribution in [3.8, 4) is 0 Å². The minimum absolute atomic E-state index is 0.00775. The zero-order valence-electron chi connectivity index (χ0n) is 11.3. The predicted octanol–water partition coefficient (Wildman–Crippen LogP) is 0.416. The Morgan fingerprint density at radius 1 is 1.33 bits per heavy atom. The molecule has 7 heteroatoms. The Morgan fingerprint density at radius 3 is 2.81 bits per heavy atom. The van der Waals surface area contributed by atoms with Crippen LogP contribution in [0.5, 0.6) is 0 Å². The van der Waals surface area contributed by atoms with Crippen LogP contribution in [0.4, 0.5) is 5.69 Å². The summed E-state index contributed by atoms with van der Waals surface area (Å²) in [5.74, 6) is -0.866. The molecule has 2 atom stereocenters. The van der Waals surface area contributed by atoms with Gasteiger partial charge in [-0.2, -0.15) is 0 Å². The van der Waals surface area contributed by atoms with Crippen molar-refractivity contribution in [1.82, 2.24) is 5.32 Å². The van der Waals surface area contributed by atoms with Gasteiger partial charge in [0.2, 0.25) is 11.8 Å². The van der Waals surface area contributed by atoms with E-state index in [4.69, 9.17) is 0 Å². The largest absolute Gasteiger partial charge is 0.352 e. The van der Waals surface area contributed by atoms with E-state index in [9.17, 15) is 18.0 Å². The van der Waals surface area contributed by atoms with E-state index in [-0.39, 0.29) is 35.8 Å². The van der Waals surface area contributed by atoms with Crippen LogP contribution in [0.25, 0.3) is 0 Å². The molecule has 1 fully saturated rings. The number of para-hydroxylation sites is 1. The van der Waals surface area contributed by atoms with Crippen LogP contribution >= 0.6 is 0 Å². The van der Waals surface area contributed by atoms with Gasteiger partial charge in [0.25, 0.3) is 0 Å². The molecule has 0 radical (unpaired) electrons. The van der Waals surface area contributed by atoms with E-state index >= 15 is 0 Å². The summed E-state index contributed by atoms with van der Waals surface area (Å²) in [7, 11) is -3.02. The van der Waals surface area contributed by atoms with Crippen LogP contribution in [0.15, 0.2) is 24.3 Å². The molecule has 2 heterocycles. The SMILES string of the molecule is O=C(CC1C(=O)Nc2ccccc21)NC1CCS(=O)(=O)C1. The van der Waals surface area contributed by atoms with E-state index in [0.29, 0.717) is 6.42 Å². The van der Waals surface area contributed by atoms with E-state index in [0.717, 1.165) is 11.3 Å². The first-order chi connectivity index (χ1) is 9.94. The Kier molecular flexibility index (Phi) is 3.44. The fraction of sp³-hybridized carbons (Fsp3) is 0.429. The van der Waals surface area contributed by atoms with Crippen molar-refractivity contribution in [2.24, 2.45) is 0 Å². The summed E-state index contributed by atoms with van der Waals surface area (Å²) in [5, 5.41) is 5.46. The van der Waals surface area contributed by atoms with Gasteiger partial charge < -0.3 is 10.6 Å². The topological polar surface area (TPSA) is 92.3 Å². The first-order valence-electron chi connectivity index (χ1n) is 6.84. The van der Waals surface area contributed by atoms with Crippen LogP contribution < -0.4 is 10.6 Å². The van der Waals surface area contributed by atoms with Crippen molar-refractivity contribution < 1.29 is 18.0 Å². The minimum Gasteiger partial charge on any atom is -0.352 e. The van der Waals surface area contributed by atoms with Crippen molar-refractivity contribution in [3.05, 3.63) is 29.8 Å². The molecule has 21 heavy (non-hydrogen) atoms. The molecular weight excluding hydrogens is 292 g/mol. The summed E-state index contributed by atoms with van der Waals surface area (Å²) in [6.07, 6.45) is 0.487. The van der Waals surface area contributed by atoms with Gasteiger partial charge in [-0.05, 0) is 18.1 Å². The van der Waals surface area contributed by atoms with Crippen LogP contribution in [0.3, 0.4) is 0 Å². The number of amides is 2. The van der Waals surface area contributed by atoms with Crippen LogP contribution in [-0.2, 0) is 19.4 Å². The Bertz CT molecular complexity index is 699. The molecule has 1 aromatic carbocycles. The summed E-state index contributed by atoms with van der Waals surface area (Å²) in [4.78, 5) is 24.0. The van der Waals surface area contributed by atoms with Gasteiger partial charge in [-0.25, -0.2) is 8.42 Å². The second-order valence-corrected chi connectivity index (χ2v) is 7.73. The highest BCUT2D eigenvalue weighted by Gasteiger charge is 2.34. The standard InChI is InChI=1S/C14H16N2O4S/c17-13(15-9-5-6-21(19,20)8-9)7-11-10-3-1-2-4-12(10)16-14(11)18/h1-4,9,11H,5-8H2,(H,15,17)(H,16,18). The third kappa shape index (κ3) is 2.92. The van der Waals surface area contributed by atoms with Gasteiger partial charge in [0.1, 0.15) is 0 Å². The van der Waals surface area contributed by atoms with Gasteiger partial charge in [-0.3, -0.25) is 9.59 Å². The maximum absolute atomic E-state index is 12.0. The lowest BCUT2D eigenvalue weighted by molar-refractivity contribution is -0.125. The summed E-state index contributed by atoms with van der Waals surface area (Å²) >= 11 is 0. The molecular formula is C14H16N2O4S. The average Bonchev–Trinajstić information content (AvgIpc) is 2.90. The number of hydrogen-bond donors (Lipinski definition) is 2. The fourth-order valence-corrected chi connectivity index (χ4v) is 4.53. The Balaban J connectivity index is 1.64. The first kappa shape index (κ1) is 14.1. The molecule has 0 spiro atoms. The molecule has 0 bridgehead atoms. The van der Waals surface area contributed by atoms with Crippen LogP contribution in [0, 0.1) is 0 Å². The highest BCUT2D eigenvalue weighted by molar-refractivity contribution is 7.91. The lowest BCUT2D eigenvalue weighted by Crippen LogP contribution is -2.36. The van der Waals surface area contributed by atoms with Crippen molar-refractivity contribution >= 4 is 27.3 Å². The van der Waals surface area contributed by atoms with Crippen molar-refractivity contribution in [2.75, 3.05) is 16.8 Å². The number of fused-ring (bicyclic) bond motifs is 1. The normalized spacial score (nSPS) is 26.2. The summed E-state index contributed by atoms with van der Waals surface area (Å²) in [6.45, 7) is 0. The maximum atomic E-state index is 12.0. The number of sulfone groups is 1. The molecule has 2 N–H and O–H groups in total. The zero-order chi connectivity index (χ0) is 15.0. The molecule has 1 saturated heterocycles. The molecule has 1 aromatic rings. The Labute approximate surface area is 122 Å². The second-order valence-electron chi connectivity index (χ2n) is 5.50. The van der Waals surface area contributed by atoms with Crippen LogP contribution in [0.2, 0.25) is 0 Å². The van der Waals surface area contributed by atoms with Gasteiger partial charge in [-0.15, -0.1) is 0 Å². The Hall–Kier alpha value is -1.89. The smallest absolute Gasteiger partial charge is 0.232 e. The number of anilines is 1. The highest BCUT2D eigenvalue weighted by Crippen LogP contribution is 2.34. The molecule has 0 saturated carbocycles. The van der Waals surface area contributed by atoms with Crippen molar-refractivity contribution in [1.29, 1.82) is 0 Å². The van der Waals surface area contributed by atoms with E-state index in [2.05, 4.69) is 10.6 Å². The van der Waals surface area contributed by atoms with Gasteiger partial charge in [0, 0.05) is 18.2 Å². The number of rotatable bonds is 3. The highest BCUT2D eigenvalue weighted by atomic mass is 32.2. The third-order valence-electron chi connectivity index (χ3n) is 3.90. The molecule has 6 nitrogen and oxygen atoms in total. The Morgan fingerprint density at radius 2 is 2.10 bits per heavy atom. The number of carbonyl (C=O) groups excluding carboxylic acids is 2. The van der Waals surface area contributed by atoms with E-state index < -0.39 is 15.8 Å². The third-order valence-corrected chi connectivity index (χ3v) is 5.67. The molecule has 2 unspecified atom stereocenters. The van der Waals surface area contributed by atoms with Gasteiger partial charge in [-0.1, -0.05) is 18.2 Å². The van der Waals surface area contributed by atoms with Gasteiger partial charge in [0.15, 0.2) is 9.84 Å². The first-order valence-corrected chi connectivity index (χ1v) is 8.66. The van der Waals surface area contributed by atoms with Gasteiger partial charge >= 0.3 is 0 Å². The lowest BCUT2D eigenvalue weighted by Gasteiger charge is -2.13. The average molecular weight is 308 g/mol. The second kappa shape index (κ2) is 5.14. The summed E-state index contributed by atoms with van der Waals surface area (Å²) in [5.41, 5.74) is 1.56. The quantitative estimate of drug-likeness (QED) is 0.846. The predicted molar refractivity (Wildman–Crippen MR) is 77.6 cm³/mol. The molecule has 0 aliphatic carbocycles. The van der Waals surface area contributed by atoms with Gasteiger partial charge in [0.05, 0.1) is 17.4 Å². The van der Waals surface area contributed by atoms with E-state index in [1.807, 2.05) is 18.2 Å². The maximum Gasteiger partial charge on any atom is 0.232 e.